The molecule has 1 aliphatic rings. The van der Waals surface area contributed by atoms with Gasteiger partial charge in [-0.1, -0.05) is 35.9 Å². The summed E-state index contributed by atoms with van der Waals surface area (Å²) in [4.78, 5) is 4.05. The Morgan fingerprint density at radius 2 is 1.76 bits per heavy atom. The van der Waals surface area contributed by atoms with E-state index in [9.17, 15) is 16.8 Å². The summed E-state index contributed by atoms with van der Waals surface area (Å²) in [6.07, 6.45) is 2.25. The van der Waals surface area contributed by atoms with Crippen molar-refractivity contribution in [1.82, 2.24) is 4.98 Å². The zero-order chi connectivity index (χ0) is 20.6. The van der Waals surface area contributed by atoms with Crippen LogP contribution < -0.4 is 4.72 Å². The van der Waals surface area contributed by atoms with Gasteiger partial charge in [-0.05, 0) is 48.6 Å². The van der Waals surface area contributed by atoms with Crippen LogP contribution in [0, 0.1) is 6.92 Å². The number of thiazole rings is 1. The number of sulfone groups is 1. The highest BCUT2D eigenvalue weighted by atomic mass is 32.2. The number of aryl methyl sites for hydroxylation is 1. The third-order valence-corrected chi connectivity index (χ3v) is 9.27. The summed E-state index contributed by atoms with van der Waals surface area (Å²) >= 11 is 1.19. The molecule has 6 nitrogen and oxygen atoms in total. The zero-order valence-electron chi connectivity index (χ0n) is 15.7. The zero-order valence-corrected chi connectivity index (χ0v) is 18.1. The Kier molecular flexibility index (Phi) is 5.22. The van der Waals surface area contributed by atoms with Gasteiger partial charge in [-0.25, -0.2) is 21.8 Å². The Labute approximate surface area is 174 Å². The number of anilines is 1. The lowest BCUT2D eigenvalue weighted by molar-refractivity contribution is 0.580. The summed E-state index contributed by atoms with van der Waals surface area (Å²) in [5.41, 5.74) is 3.50. The van der Waals surface area contributed by atoms with Crippen LogP contribution in [0.25, 0.3) is 0 Å². The van der Waals surface area contributed by atoms with Gasteiger partial charge in [0.2, 0.25) is 0 Å². The normalized spacial score (nSPS) is 16.5. The van der Waals surface area contributed by atoms with Crippen LogP contribution in [-0.2, 0) is 38.5 Å². The van der Waals surface area contributed by atoms with Crippen LogP contribution in [0.15, 0.2) is 58.9 Å². The highest BCUT2D eigenvalue weighted by Crippen LogP contribution is 2.31. The number of aromatic nitrogens is 1. The first kappa shape index (κ1) is 20.1. The molecule has 1 N–H and O–H groups in total. The third-order valence-electron chi connectivity index (χ3n) is 5.03. The maximum absolute atomic E-state index is 12.9. The van der Waals surface area contributed by atoms with Gasteiger partial charge in [0, 0.05) is 11.6 Å². The van der Waals surface area contributed by atoms with Crippen molar-refractivity contribution in [2.45, 2.75) is 35.7 Å². The fraction of sp³-hybridized carbons (Fsp3) is 0.250. The van der Waals surface area contributed by atoms with E-state index in [1.165, 1.54) is 23.6 Å². The monoisotopic (exact) mass is 448 g/mol. The number of benzene rings is 2. The molecule has 0 aliphatic heterocycles. The minimum atomic E-state index is -3.76. The maximum Gasteiger partial charge on any atom is 0.263 e. The fourth-order valence-electron chi connectivity index (χ4n) is 3.46. The number of hydrogen-bond acceptors (Lipinski definition) is 6. The number of hydrogen-bond donors (Lipinski definition) is 1. The van der Waals surface area contributed by atoms with Gasteiger partial charge in [-0.2, -0.15) is 0 Å². The summed E-state index contributed by atoms with van der Waals surface area (Å²) in [6.45, 7) is 1.96. The summed E-state index contributed by atoms with van der Waals surface area (Å²) in [7, 11) is -7.12. The van der Waals surface area contributed by atoms with Crippen molar-refractivity contribution < 1.29 is 16.8 Å². The van der Waals surface area contributed by atoms with Gasteiger partial charge in [0.05, 0.1) is 15.9 Å². The van der Waals surface area contributed by atoms with Gasteiger partial charge in [-0.3, -0.25) is 4.72 Å². The van der Waals surface area contributed by atoms with E-state index in [1.807, 2.05) is 31.2 Å². The lowest BCUT2D eigenvalue weighted by Crippen LogP contribution is -2.23. The van der Waals surface area contributed by atoms with E-state index >= 15 is 0 Å². The van der Waals surface area contributed by atoms with Crippen LogP contribution >= 0.6 is 11.3 Å². The smallest absolute Gasteiger partial charge is 0.255 e. The largest absolute Gasteiger partial charge is 0.263 e. The molecule has 0 amide bonds. The summed E-state index contributed by atoms with van der Waals surface area (Å²) in [6, 6.07) is 12.3. The Hall–Kier alpha value is -2.23. The first-order valence-electron chi connectivity index (χ1n) is 9.04. The molecular formula is C20H20N2O4S3. The van der Waals surface area contributed by atoms with Crippen LogP contribution in [0.1, 0.15) is 22.3 Å². The first-order valence-corrected chi connectivity index (χ1v) is 13.1. The second-order valence-electron chi connectivity index (χ2n) is 7.20. The number of sulfonamides is 1. The molecule has 0 saturated heterocycles. The lowest BCUT2D eigenvalue weighted by atomic mass is 10.1. The van der Waals surface area contributed by atoms with Crippen LogP contribution in [0.2, 0.25) is 0 Å². The molecule has 0 spiro atoms. The molecule has 1 heterocycles. The van der Waals surface area contributed by atoms with E-state index in [0.717, 1.165) is 22.3 Å². The SMILES string of the molecule is Cc1ccc(CS(=O)(=O)C2Cc3ccc(S(=O)(=O)Nc4nccs4)cc3C2)cc1. The van der Waals surface area contributed by atoms with Gasteiger partial charge in [0.15, 0.2) is 15.0 Å². The second-order valence-corrected chi connectivity index (χ2v) is 12.1. The molecule has 2 aromatic carbocycles. The average Bonchev–Trinajstić information content (AvgIpc) is 3.32. The fourth-order valence-corrected chi connectivity index (χ4v) is 7.06. The number of rotatable bonds is 6. The van der Waals surface area contributed by atoms with E-state index in [1.54, 1.807) is 17.5 Å². The number of nitrogens with zero attached hydrogens (tertiary/aromatic N) is 1. The van der Waals surface area contributed by atoms with Crippen molar-refractivity contribution in [3.63, 3.8) is 0 Å². The molecule has 1 atom stereocenters. The van der Waals surface area contributed by atoms with Gasteiger partial charge in [-0.15, -0.1) is 11.3 Å². The Bertz CT molecular complexity index is 1230. The van der Waals surface area contributed by atoms with Gasteiger partial charge >= 0.3 is 0 Å². The van der Waals surface area contributed by atoms with E-state index in [-0.39, 0.29) is 10.6 Å². The van der Waals surface area contributed by atoms with Crippen LogP contribution in [0.4, 0.5) is 5.13 Å². The molecule has 3 aromatic rings. The first-order chi connectivity index (χ1) is 13.7. The molecular weight excluding hydrogens is 428 g/mol. The summed E-state index contributed by atoms with van der Waals surface area (Å²) < 4.78 is 53.4. The van der Waals surface area contributed by atoms with E-state index in [4.69, 9.17) is 0 Å². The topological polar surface area (TPSA) is 93.2 Å². The molecule has 0 fully saturated rings. The lowest BCUT2D eigenvalue weighted by Gasteiger charge is -2.11. The molecule has 0 radical (unpaired) electrons. The molecule has 0 bridgehead atoms. The highest BCUT2D eigenvalue weighted by Gasteiger charge is 2.33. The van der Waals surface area contributed by atoms with E-state index < -0.39 is 25.1 Å². The van der Waals surface area contributed by atoms with Crippen molar-refractivity contribution in [2.75, 3.05) is 4.72 Å². The predicted molar refractivity (Wildman–Crippen MR) is 114 cm³/mol. The van der Waals surface area contributed by atoms with Crippen LogP contribution in [0.5, 0.6) is 0 Å². The Balaban J connectivity index is 1.53. The average molecular weight is 449 g/mol. The van der Waals surface area contributed by atoms with Gasteiger partial charge in [0.1, 0.15) is 0 Å². The van der Waals surface area contributed by atoms with E-state index in [0.29, 0.717) is 18.0 Å². The quantitative estimate of drug-likeness (QED) is 0.624. The molecule has 0 saturated carbocycles. The third kappa shape index (κ3) is 4.36. The van der Waals surface area contributed by atoms with Gasteiger partial charge < -0.3 is 0 Å². The highest BCUT2D eigenvalue weighted by molar-refractivity contribution is 7.93. The summed E-state index contributed by atoms with van der Waals surface area (Å²) in [5, 5.41) is 1.44. The molecule has 4 rings (SSSR count). The van der Waals surface area contributed by atoms with Crippen molar-refractivity contribution in [3.8, 4) is 0 Å². The van der Waals surface area contributed by atoms with Crippen molar-refractivity contribution in [1.29, 1.82) is 0 Å². The molecule has 1 aliphatic carbocycles. The second kappa shape index (κ2) is 7.55. The predicted octanol–water partition coefficient (Wildman–Crippen LogP) is 3.33. The standard InChI is InChI=1S/C20H20N2O4S3/c1-14-2-4-15(5-3-14)13-28(23,24)19-10-16-6-7-18(11-17(16)12-19)29(25,26)22-20-21-8-9-27-20/h2-9,11,19H,10,12-13H2,1H3,(H,21,22). The Morgan fingerprint density at radius 3 is 2.45 bits per heavy atom. The minimum Gasteiger partial charge on any atom is -0.255 e. The van der Waals surface area contributed by atoms with Crippen LogP contribution in [0.3, 0.4) is 0 Å². The number of nitrogens with one attached hydrogen (secondary N) is 1. The van der Waals surface area contributed by atoms with Gasteiger partial charge in [0.25, 0.3) is 10.0 Å². The maximum atomic E-state index is 12.9. The minimum absolute atomic E-state index is 0.0112. The molecule has 1 unspecified atom stereocenters. The molecule has 152 valence electrons. The van der Waals surface area contributed by atoms with Crippen molar-refractivity contribution in [2.24, 2.45) is 0 Å². The molecule has 29 heavy (non-hydrogen) atoms. The molecule has 9 heteroatoms. The molecule has 1 aromatic heterocycles. The van der Waals surface area contributed by atoms with Crippen molar-refractivity contribution in [3.05, 3.63) is 76.3 Å². The van der Waals surface area contributed by atoms with Crippen LogP contribution in [-0.4, -0.2) is 27.1 Å². The summed E-state index contributed by atoms with van der Waals surface area (Å²) in [5.74, 6) is -0.0112. The van der Waals surface area contributed by atoms with E-state index in [2.05, 4.69) is 9.71 Å². The Morgan fingerprint density at radius 1 is 1.03 bits per heavy atom. The number of fused-ring (bicyclic) bond motifs is 1. The van der Waals surface area contributed by atoms with Crippen molar-refractivity contribution >= 4 is 36.3 Å².